The van der Waals surface area contributed by atoms with Crippen LogP contribution in [-0.2, 0) is 83.2 Å². The second-order valence-electron chi connectivity index (χ2n) is 29.8. The molecule has 4 aromatic carbocycles. The van der Waals surface area contributed by atoms with Gasteiger partial charge in [-0.15, -0.1) is 0 Å². The maximum atomic E-state index is 15.7. The van der Waals surface area contributed by atoms with E-state index in [1.54, 1.807) is 88.4 Å². The lowest BCUT2D eigenvalue weighted by Gasteiger charge is -2.33. The van der Waals surface area contributed by atoms with Gasteiger partial charge in [0.2, 0.25) is 70.9 Å². The van der Waals surface area contributed by atoms with E-state index in [9.17, 15) is 28.8 Å². The first-order valence-corrected chi connectivity index (χ1v) is 37.3. The summed E-state index contributed by atoms with van der Waals surface area (Å²) in [5, 5.41) is 28.7. The minimum absolute atomic E-state index is 0.0248. The molecule has 12 amide bonds. The summed E-state index contributed by atoms with van der Waals surface area (Å²) >= 11 is 0. The van der Waals surface area contributed by atoms with Crippen molar-refractivity contribution >= 4 is 70.9 Å². The van der Waals surface area contributed by atoms with Gasteiger partial charge in [-0.05, 0) is 123 Å². The molecule has 106 heavy (non-hydrogen) atoms. The Labute approximate surface area is 622 Å². The summed E-state index contributed by atoms with van der Waals surface area (Å²) in [6.07, 6.45) is 0.119. The molecule has 0 aliphatic carbocycles. The Kier molecular flexibility index (Phi) is 32.1. The van der Waals surface area contributed by atoms with Gasteiger partial charge in [-0.25, -0.2) is 0 Å². The molecule has 0 saturated carbocycles. The van der Waals surface area contributed by atoms with E-state index < -0.39 is 167 Å². The number of nitrogens with two attached hydrogens (primary N) is 4. The quantitative estimate of drug-likeness (QED) is 0.0456. The predicted molar refractivity (Wildman–Crippen MR) is 401 cm³/mol. The first-order chi connectivity index (χ1) is 50.5. The van der Waals surface area contributed by atoms with Gasteiger partial charge in [-0.1, -0.05) is 177 Å². The summed E-state index contributed by atoms with van der Waals surface area (Å²) in [5.74, 6) is -10.9. The van der Waals surface area contributed by atoms with E-state index in [0.717, 1.165) is 11.1 Å². The third-order valence-corrected chi connectivity index (χ3v) is 19.4. The number of fused-ring (bicyclic) bond motifs is 2. The summed E-state index contributed by atoms with van der Waals surface area (Å²) in [7, 11) is 0. The first-order valence-electron chi connectivity index (χ1n) is 37.3. The summed E-state index contributed by atoms with van der Waals surface area (Å²) in [5.41, 5.74) is 27.8. The number of amides is 12. The second kappa shape index (κ2) is 40.7. The van der Waals surface area contributed by atoms with Crippen molar-refractivity contribution in [2.45, 2.75) is 217 Å². The Bertz CT molecular complexity index is 3380. The van der Waals surface area contributed by atoms with E-state index in [2.05, 4.69) is 53.2 Å². The van der Waals surface area contributed by atoms with Crippen molar-refractivity contribution in [2.24, 2.45) is 46.6 Å². The van der Waals surface area contributed by atoms with Gasteiger partial charge >= 0.3 is 0 Å². The molecule has 7 rings (SSSR count). The molecule has 18 N–H and O–H groups in total. The standard InChI is InChI=1S/C78H112N16O12/c1-45(2)35-59-71(99)89-61(39-51-27-17-11-18-28-51)77(105)93-43-53(83-67(95)55(81)37-49-23-13-9-14-24-49)41-63(93)73(101)92-66(48(7)8)76(104)86-58(32-22-34-80)70(98)88-60(36-46(3)4)72(100)90-62(40-52-29-19-12-20-30-52)78(106)94-44-54(84-68(96)56(82)38-50-25-15-10-16-26-50)42-64(94)74(102)91-65(47(5)6)75(103)85-57(31-21-33-79)69(97)87-59/h9-20,23-30,45-48,53-66H,21-22,31-44,79-82H2,1-8H3,(H,83,95)(H,84,96)(H,85,103)(H,86,104)(H,87,97)(H,88,98)(H,89,99)(H,90,100)(H,91,102)(H,92,101)/t53-,54-,55-,56-,57-,58-,59-,60-,61+,62+,63-,64-,65-,66-/m0/s1. The molecule has 3 aliphatic heterocycles. The number of carbonyl (C=O) groups excluding carboxylic acids is 12. The molecule has 0 bridgehead atoms. The molecule has 0 radical (unpaired) electrons. The van der Waals surface area contributed by atoms with Gasteiger partial charge in [0.25, 0.3) is 0 Å². The highest BCUT2D eigenvalue weighted by atomic mass is 16.2. The van der Waals surface area contributed by atoms with E-state index in [4.69, 9.17) is 22.9 Å². The lowest BCUT2D eigenvalue weighted by molar-refractivity contribution is -0.143. The highest BCUT2D eigenvalue weighted by Gasteiger charge is 2.47. The molecule has 3 saturated heterocycles. The maximum absolute atomic E-state index is 15.7. The molecule has 4 aromatic rings. The minimum atomic E-state index is -1.44. The SMILES string of the molecule is CC(C)C[C@@H]1NC(=O)[C@H](CCCN)NC(=O)[C@H](C(C)C)NC(=O)[C@@H]2C[C@H](NC(=O)[C@@H](N)Cc3ccccc3)CN2C(=O)[C@@H](Cc2ccccc2)NC(=O)[C@H](CC(C)C)NC(=O)[C@H](CCCN)NC(=O)[C@H](C(C)C)NC(=O)[C@@H]2C[C@H](NC(=O)[C@@H](N)Cc3ccccc3)CN2C(=O)[C@@H](Cc2ccccc2)NC1=O. The van der Waals surface area contributed by atoms with E-state index in [0.29, 0.717) is 11.1 Å². The highest BCUT2D eigenvalue weighted by molar-refractivity contribution is 6.00. The topological polar surface area (TPSA) is 436 Å². The molecule has 28 heteroatoms. The van der Waals surface area contributed by atoms with Crippen LogP contribution in [0.2, 0.25) is 0 Å². The van der Waals surface area contributed by atoms with Crippen LogP contribution >= 0.6 is 0 Å². The molecule has 0 aromatic heterocycles. The van der Waals surface area contributed by atoms with Gasteiger partial charge in [0.1, 0.15) is 60.4 Å². The fraction of sp³-hybridized carbons (Fsp3) is 0.538. The van der Waals surface area contributed by atoms with Crippen molar-refractivity contribution in [3.05, 3.63) is 144 Å². The number of hydrogen-bond acceptors (Lipinski definition) is 16. The van der Waals surface area contributed by atoms with Crippen LogP contribution in [0.5, 0.6) is 0 Å². The summed E-state index contributed by atoms with van der Waals surface area (Å²) in [6, 6.07) is 18.0. The van der Waals surface area contributed by atoms with Crippen LogP contribution in [0.4, 0.5) is 0 Å². The zero-order chi connectivity index (χ0) is 77.3. The third-order valence-electron chi connectivity index (χ3n) is 19.4. The average molecular weight is 1470 g/mol. The van der Waals surface area contributed by atoms with Crippen molar-refractivity contribution in [3.63, 3.8) is 0 Å². The Hall–Kier alpha value is -9.64. The smallest absolute Gasteiger partial charge is 0.246 e. The normalized spacial score (nSPS) is 25.1. The molecular weight excluding hydrogens is 1350 g/mol. The van der Waals surface area contributed by atoms with Crippen molar-refractivity contribution < 1.29 is 57.5 Å². The van der Waals surface area contributed by atoms with Crippen LogP contribution in [0.3, 0.4) is 0 Å². The Morgan fingerprint density at radius 3 is 0.991 bits per heavy atom. The van der Waals surface area contributed by atoms with Gasteiger partial charge < -0.3 is 85.9 Å². The summed E-state index contributed by atoms with van der Waals surface area (Å²) in [6.45, 7) is 13.6. The third kappa shape index (κ3) is 24.7. The van der Waals surface area contributed by atoms with Crippen molar-refractivity contribution in [3.8, 4) is 0 Å². The van der Waals surface area contributed by atoms with Crippen molar-refractivity contribution in [1.82, 2.24) is 63.0 Å². The predicted octanol–water partition coefficient (Wildman–Crippen LogP) is 0.557. The number of hydrogen-bond donors (Lipinski definition) is 14. The molecule has 0 spiro atoms. The average Bonchev–Trinajstić information content (AvgIpc) is 1.65. The molecule has 0 unspecified atom stereocenters. The number of rotatable bonds is 24. The monoisotopic (exact) mass is 1460 g/mol. The summed E-state index contributed by atoms with van der Waals surface area (Å²) in [4.78, 5) is 182. The van der Waals surface area contributed by atoms with E-state index in [1.807, 2.05) is 88.4 Å². The molecule has 3 aliphatic rings. The molecular formula is C78H112N16O12. The zero-order valence-corrected chi connectivity index (χ0v) is 62.4. The van der Waals surface area contributed by atoms with Crippen molar-refractivity contribution in [2.75, 3.05) is 26.2 Å². The lowest BCUT2D eigenvalue weighted by atomic mass is 9.98. The van der Waals surface area contributed by atoms with Gasteiger partial charge in [-0.2, -0.15) is 0 Å². The first kappa shape index (κ1) is 83.6. The van der Waals surface area contributed by atoms with Crippen LogP contribution in [0, 0.1) is 23.7 Å². The van der Waals surface area contributed by atoms with Crippen molar-refractivity contribution in [1.29, 1.82) is 0 Å². The van der Waals surface area contributed by atoms with Crippen LogP contribution in [0.1, 0.15) is 129 Å². The number of carbonyl (C=O) groups is 12. The number of benzene rings is 4. The number of nitrogens with zero attached hydrogens (tertiary/aromatic N) is 2. The van der Waals surface area contributed by atoms with Crippen LogP contribution in [0.15, 0.2) is 121 Å². The van der Waals surface area contributed by atoms with Gasteiger partial charge in [0, 0.05) is 38.0 Å². The van der Waals surface area contributed by atoms with Gasteiger partial charge in [0.15, 0.2) is 0 Å². The van der Waals surface area contributed by atoms with Crippen LogP contribution < -0.4 is 76.1 Å². The van der Waals surface area contributed by atoms with Crippen LogP contribution in [0.25, 0.3) is 0 Å². The van der Waals surface area contributed by atoms with E-state index in [1.165, 1.54) is 9.80 Å². The minimum Gasteiger partial charge on any atom is -0.350 e. The second-order valence-corrected chi connectivity index (χ2v) is 29.8. The van der Waals surface area contributed by atoms with E-state index in [-0.39, 0.29) is 115 Å². The van der Waals surface area contributed by atoms with Gasteiger partial charge in [-0.3, -0.25) is 57.5 Å². The van der Waals surface area contributed by atoms with E-state index >= 15 is 28.8 Å². The Balaban J connectivity index is 1.32. The molecule has 3 fully saturated rings. The Morgan fingerprint density at radius 2 is 0.689 bits per heavy atom. The zero-order valence-electron chi connectivity index (χ0n) is 62.4. The van der Waals surface area contributed by atoms with Gasteiger partial charge in [0.05, 0.1) is 12.1 Å². The fourth-order valence-corrected chi connectivity index (χ4v) is 13.7. The molecule has 14 atom stereocenters. The molecule has 576 valence electrons. The Morgan fingerprint density at radius 1 is 0.396 bits per heavy atom. The number of nitrogens with one attached hydrogen (secondary N) is 10. The fourth-order valence-electron chi connectivity index (χ4n) is 13.7. The van der Waals surface area contributed by atoms with Crippen LogP contribution in [-0.4, -0.2) is 191 Å². The molecule has 3 heterocycles. The largest absolute Gasteiger partial charge is 0.350 e. The lowest BCUT2D eigenvalue weighted by Crippen LogP contribution is -2.62. The molecule has 28 nitrogen and oxygen atoms in total. The summed E-state index contributed by atoms with van der Waals surface area (Å²) < 4.78 is 0. The highest BCUT2D eigenvalue weighted by Crippen LogP contribution is 2.26. The maximum Gasteiger partial charge on any atom is 0.246 e.